The fourth-order valence-electron chi connectivity index (χ4n) is 2.51. The number of carbonyl (C=O) groups excluding carboxylic acids is 2. The van der Waals surface area contributed by atoms with Crippen LogP contribution in [0.3, 0.4) is 0 Å². The number of hydrogen-bond donors (Lipinski definition) is 3. The highest BCUT2D eigenvalue weighted by molar-refractivity contribution is 5.97. The second-order valence-electron chi connectivity index (χ2n) is 5.55. The quantitative estimate of drug-likeness (QED) is 0.335. The second kappa shape index (κ2) is 8.24. The molecule has 140 valence electrons. The highest BCUT2D eigenvalue weighted by atomic mass is 16.5. The Kier molecular flexibility index (Phi) is 5.58. The smallest absolute Gasteiger partial charge is 0.287 e. The molecule has 0 bridgehead atoms. The number of methoxy groups -OCH3 is 1. The summed E-state index contributed by atoms with van der Waals surface area (Å²) in [7, 11) is 1.56. The van der Waals surface area contributed by atoms with Crippen molar-refractivity contribution in [3.05, 3.63) is 59.9 Å². The van der Waals surface area contributed by atoms with E-state index in [4.69, 9.17) is 19.1 Å². The molecule has 27 heavy (non-hydrogen) atoms. The van der Waals surface area contributed by atoms with Gasteiger partial charge in [-0.05, 0) is 36.4 Å². The maximum Gasteiger partial charge on any atom is 0.287 e. The van der Waals surface area contributed by atoms with E-state index in [0.717, 1.165) is 5.39 Å². The highest BCUT2D eigenvalue weighted by Gasteiger charge is 2.14. The van der Waals surface area contributed by atoms with Crippen LogP contribution in [-0.2, 0) is 0 Å². The van der Waals surface area contributed by atoms with Crippen molar-refractivity contribution >= 4 is 22.8 Å². The van der Waals surface area contributed by atoms with Crippen molar-refractivity contribution in [2.45, 2.75) is 0 Å². The minimum atomic E-state index is -0.601. The molecule has 3 rings (SSSR count). The van der Waals surface area contributed by atoms with Crippen LogP contribution in [0.5, 0.6) is 11.5 Å². The Morgan fingerprint density at radius 1 is 1.11 bits per heavy atom. The minimum Gasteiger partial charge on any atom is -0.496 e. The Hall–Kier alpha value is -3.52. The summed E-state index contributed by atoms with van der Waals surface area (Å²) in [5.41, 5.74) is 2.43. The minimum absolute atomic E-state index is 0.189. The van der Waals surface area contributed by atoms with E-state index in [9.17, 15) is 9.59 Å². The first-order valence-corrected chi connectivity index (χ1v) is 8.14. The van der Waals surface area contributed by atoms with Crippen molar-refractivity contribution in [2.75, 3.05) is 20.3 Å². The van der Waals surface area contributed by atoms with Gasteiger partial charge in [-0.3, -0.25) is 14.8 Å². The summed E-state index contributed by atoms with van der Waals surface area (Å²) in [6.45, 7) is 0.507. The summed E-state index contributed by atoms with van der Waals surface area (Å²) in [6.07, 6.45) is 0. The number of amides is 2. The molecule has 1 aromatic heterocycles. The van der Waals surface area contributed by atoms with Gasteiger partial charge in [0.1, 0.15) is 23.7 Å². The summed E-state index contributed by atoms with van der Waals surface area (Å²) < 4.78 is 16.3. The lowest BCUT2D eigenvalue weighted by Crippen LogP contribution is -2.27. The van der Waals surface area contributed by atoms with E-state index in [-0.39, 0.29) is 24.8 Å². The Morgan fingerprint density at radius 3 is 2.59 bits per heavy atom. The van der Waals surface area contributed by atoms with Crippen molar-refractivity contribution in [3.63, 3.8) is 0 Å². The largest absolute Gasteiger partial charge is 0.496 e. The summed E-state index contributed by atoms with van der Waals surface area (Å²) in [6, 6.07) is 13.2. The molecule has 0 fully saturated rings. The van der Waals surface area contributed by atoms with Gasteiger partial charge < -0.3 is 19.2 Å². The first-order chi connectivity index (χ1) is 13.1. The van der Waals surface area contributed by atoms with E-state index in [2.05, 4.69) is 5.32 Å². The number of carbonyl (C=O) groups is 2. The molecule has 0 aliphatic rings. The molecule has 0 spiro atoms. The van der Waals surface area contributed by atoms with Crippen LogP contribution in [0.4, 0.5) is 0 Å². The van der Waals surface area contributed by atoms with E-state index in [1.54, 1.807) is 49.0 Å². The maximum atomic E-state index is 12.2. The van der Waals surface area contributed by atoms with Gasteiger partial charge in [0, 0.05) is 11.6 Å². The van der Waals surface area contributed by atoms with Gasteiger partial charge in [0.05, 0.1) is 19.0 Å². The van der Waals surface area contributed by atoms with Gasteiger partial charge in [-0.25, -0.2) is 5.48 Å². The lowest BCUT2D eigenvalue weighted by molar-refractivity contribution is 0.0706. The Morgan fingerprint density at radius 2 is 1.89 bits per heavy atom. The van der Waals surface area contributed by atoms with Crippen molar-refractivity contribution in [3.8, 4) is 11.5 Å². The number of hydroxylamine groups is 1. The van der Waals surface area contributed by atoms with Crippen molar-refractivity contribution in [2.24, 2.45) is 0 Å². The van der Waals surface area contributed by atoms with E-state index >= 15 is 0 Å². The van der Waals surface area contributed by atoms with Crippen LogP contribution in [0.1, 0.15) is 20.9 Å². The molecule has 2 amide bonds. The van der Waals surface area contributed by atoms with Gasteiger partial charge in [0.2, 0.25) is 0 Å². The van der Waals surface area contributed by atoms with Crippen LogP contribution in [0.15, 0.2) is 52.9 Å². The van der Waals surface area contributed by atoms with Crippen LogP contribution < -0.4 is 20.3 Å². The van der Waals surface area contributed by atoms with Gasteiger partial charge in [0.15, 0.2) is 5.76 Å². The molecule has 0 saturated carbocycles. The predicted octanol–water partition coefficient (Wildman–Crippen LogP) is 2.37. The van der Waals surface area contributed by atoms with Gasteiger partial charge >= 0.3 is 0 Å². The third kappa shape index (κ3) is 4.18. The van der Waals surface area contributed by atoms with Crippen molar-refractivity contribution in [1.82, 2.24) is 10.8 Å². The van der Waals surface area contributed by atoms with Crippen LogP contribution in [0, 0.1) is 0 Å². The molecular formula is C19H18N2O6. The third-order valence-corrected chi connectivity index (χ3v) is 3.84. The molecular weight excluding hydrogens is 352 g/mol. The van der Waals surface area contributed by atoms with Crippen molar-refractivity contribution < 1.29 is 28.7 Å². The Labute approximate surface area is 154 Å². The summed E-state index contributed by atoms with van der Waals surface area (Å²) in [5.74, 6) is 0.404. The number of nitrogens with one attached hydrogen (secondary N) is 2. The second-order valence-corrected chi connectivity index (χ2v) is 5.55. The first kappa shape index (κ1) is 18.3. The van der Waals surface area contributed by atoms with Gasteiger partial charge in [0.25, 0.3) is 11.8 Å². The SMILES string of the molecule is COc1cccc2oc(C(=O)NCCOc3ccc(C(=O)NO)cc3)cc12. The third-order valence-electron chi connectivity index (χ3n) is 3.84. The summed E-state index contributed by atoms with van der Waals surface area (Å²) in [5, 5.41) is 12.0. The Bertz CT molecular complexity index is 948. The van der Waals surface area contributed by atoms with Gasteiger partial charge in [-0.1, -0.05) is 6.07 Å². The molecule has 0 atom stereocenters. The van der Waals surface area contributed by atoms with Gasteiger partial charge in [-0.2, -0.15) is 0 Å². The fraction of sp³-hybridized carbons (Fsp3) is 0.158. The van der Waals surface area contributed by atoms with E-state index in [1.165, 1.54) is 12.1 Å². The molecule has 0 saturated heterocycles. The molecule has 0 unspecified atom stereocenters. The number of rotatable bonds is 7. The topological polar surface area (TPSA) is 110 Å². The standard InChI is InChI=1S/C19H18N2O6/c1-25-15-3-2-4-16-14(15)11-17(27-16)19(23)20-9-10-26-13-7-5-12(6-8-13)18(22)21-24/h2-8,11,24H,9-10H2,1H3,(H,20,23)(H,21,22). The average molecular weight is 370 g/mol. The van der Waals surface area contributed by atoms with Crippen LogP contribution in [-0.4, -0.2) is 37.3 Å². The number of hydrogen-bond acceptors (Lipinski definition) is 6. The van der Waals surface area contributed by atoms with E-state index in [1.807, 2.05) is 0 Å². The van der Waals surface area contributed by atoms with E-state index < -0.39 is 5.91 Å². The van der Waals surface area contributed by atoms with Crippen LogP contribution in [0.25, 0.3) is 11.0 Å². The van der Waals surface area contributed by atoms with Crippen LogP contribution >= 0.6 is 0 Å². The lowest BCUT2D eigenvalue weighted by atomic mass is 10.2. The van der Waals surface area contributed by atoms with Crippen molar-refractivity contribution in [1.29, 1.82) is 0 Å². The van der Waals surface area contributed by atoms with E-state index in [0.29, 0.717) is 22.6 Å². The molecule has 0 radical (unpaired) electrons. The number of fused-ring (bicyclic) bond motifs is 1. The normalized spacial score (nSPS) is 10.4. The van der Waals surface area contributed by atoms with Gasteiger partial charge in [-0.15, -0.1) is 0 Å². The number of ether oxygens (including phenoxy) is 2. The predicted molar refractivity (Wildman–Crippen MR) is 96.3 cm³/mol. The average Bonchev–Trinajstić information content (AvgIpc) is 3.15. The molecule has 2 aromatic carbocycles. The monoisotopic (exact) mass is 370 g/mol. The van der Waals surface area contributed by atoms with Crippen LogP contribution in [0.2, 0.25) is 0 Å². The fourth-order valence-corrected chi connectivity index (χ4v) is 2.51. The number of furan rings is 1. The summed E-state index contributed by atoms with van der Waals surface area (Å²) in [4.78, 5) is 23.4. The molecule has 0 aliphatic heterocycles. The zero-order valence-electron chi connectivity index (χ0n) is 14.5. The highest BCUT2D eigenvalue weighted by Crippen LogP contribution is 2.28. The first-order valence-electron chi connectivity index (χ1n) is 8.14. The zero-order chi connectivity index (χ0) is 19.2. The molecule has 0 aliphatic carbocycles. The molecule has 1 heterocycles. The maximum absolute atomic E-state index is 12.2. The molecule has 8 heteroatoms. The molecule has 3 aromatic rings. The molecule has 3 N–H and O–H groups in total. The summed E-state index contributed by atoms with van der Waals surface area (Å²) >= 11 is 0. The lowest BCUT2D eigenvalue weighted by Gasteiger charge is -2.07. The molecule has 8 nitrogen and oxygen atoms in total. The Balaban J connectivity index is 1.52. The number of benzene rings is 2. The zero-order valence-corrected chi connectivity index (χ0v) is 14.5.